The van der Waals surface area contributed by atoms with E-state index in [4.69, 9.17) is 0 Å². The van der Waals surface area contributed by atoms with Crippen LogP contribution < -0.4 is 10.0 Å². The molecule has 15 heavy (non-hydrogen) atoms. The van der Waals surface area contributed by atoms with Crippen molar-refractivity contribution in [2.45, 2.75) is 43.9 Å². The zero-order valence-electron chi connectivity index (χ0n) is 9.20. The Labute approximate surface area is 91.9 Å². The number of hydrogen-bond donors (Lipinski definition) is 2. The summed E-state index contributed by atoms with van der Waals surface area (Å²) in [5.41, 5.74) is 0. The second kappa shape index (κ2) is 4.39. The molecule has 0 radical (unpaired) electrons. The Morgan fingerprint density at radius 3 is 2.53 bits per heavy atom. The topological polar surface area (TPSA) is 58.2 Å². The van der Waals surface area contributed by atoms with Gasteiger partial charge in [-0.1, -0.05) is 13.3 Å². The van der Waals surface area contributed by atoms with E-state index in [1.807, 2.05) is 0 Å². The lowest BCUT2D eigenvalue weighted by Crippen LogP contribution is -2.42. The van der Waals surface area contributed by atoms with Crippen LogP contribution in [0.3, 0.4) is 0 Å². The second-order valence-electron chi connectivity index (χ2n) is 4.62. The maximum atomic E-state index is 12.0. The van der Waals surface area contributed by atoms with Gasteiger partial charge in [0.2, 0.25) is 10.0 Å². The minimum atomic E-state index is -3.05. The van der Waals surface area contributed by atoms with Crippen LogP contribution in [0.15, 0.2) is 0 Å². The largest absolute Gasteiger partial charge is 0.317 e. The highest BCUT2D eigenvalue weighted by molar-refractivity contribution is 7.90. The van der Waals surface area contributed by atoms with Crippen LogP contribution in [-0.4, -0.2) is 32.8 Å². The molecule has 2 fully saturated rings. The van der Waals surface area contributed by atoms with E-state index in [2.05, 4.69) is 17.0 Å². The summed E-state index contributed by atoms with van der Waals surface area (Å²) in [7, 11) is -3.05. The first kappa shape index (κ1) is 11.4. The first-order valence-corrected chi connectivity index (χ1v) is 7.40. The van der Waals surface area contributed by atoms with E-state index in [9.17, 15) is 8.42 Å². The van der Waals surface area contributed by atoms with E-state index < -0.39 is 10.0 Å². The van der Waals surface area contributed by atoms with Crippen molar-refractivity contribution in [2.75, 3.05) is 13.1 Å². The van der Waals surface area contributed by atoms with E-state index in [1.165, 1.54) is 0 Å². The molecule has 88 valence electrons. The maximum absolute atomic E-state index is 12.0. The minimum absolute atomic E-state index is 0.170. The lowest BCUT2D eigenvalue weighted by Gasteiger charge is -2.22. The molecule has 1 aliphatic carbocycles. The second-order valence-corrected chi connectivity index (χ2v) is 6.62. The average Bonchev–Trinajstić information content (AvgIpc) is 2.97. The van der Waals surface area contributed by atoms with Crippen molar-refractivity contribution in [1.29, 1.82) is 0 Å². The molecule has 2 aliphatic rings. The molecule has 2 unspecified atom stereocenters. The molecule has 4 nitrogen and oxygen atoms in total. The summed E-state index contributed by atoms with van der Waals surface area (Å²) in [5, 5.41) is 3.01. The van der Waals surface area contributed by atoms with E-state index >= 15 is 0 Å². The first-order valence-electron chi connectivity index (χ1n) is 5.85. The predicted molar refractivity (Wildman–Crippen MR) is 60.1 cm³/mol. The van der Waals surface area contributed by atoms with Gasteiger partial charge in [-0.15, -0.1) is 0 Å². The summed E-state index contributed by atoms with van der Waals surface area (Å²) in [6, 6.07) is 0.231. The molecule has 1 aliphatic heterocycles. The van der Waals surface area contributed by atoms with Crippen LogP contribution in [0.5, 0.6) is 0 Å². The van der Waals surface area contributed by atoms with Gasteiger partial charge in [-0.3, -0.25) is 0 Å². The van der Waals surface area contributed by atoms with Crippen molar-refractivity contribution >= 4 is 10.0 Å². The molecular formula is C10H20N2O2S. The number of hydrogen-bond acceptors (Lipinski definition) is 3. The Morgan fingerprint density at radius 1 is 1.33 bits per heavy atom. The molecule has 2 atom stereocenters. The molecule has 0 spiro atoms. The fourth-order valence-electron chi connectivity index (χ4n) is 2.26. The van der Waals surface area contributed by atoms with Gasteiger partial charge < -0.3 is 5.32 Å². The lowest BCUT2D eigenvalue weighted by molar-refractivity contribution is 0.488. The van der Waals surface area contributed by atoms with Gasteiger partial charge in [0.25, 0.3) is 0 Å². The summed E-state index contributed by atoms with van der Waals surface area (Å²) in [6.07, 6.45) is 3.61. The highest BCUT2D eigenvalue weighted by Gasteiger charge is 2.40. The Balaban J connectivity index is 1.88. The summed E-state index contributed by atoms with van der Waals surface area (Å²) in [6.45, 7) is 3.77. The monoisotopic (exact) mass is 232 g/mol. The van der Waals surface area contributed by atoms with Crippen LogP contribution in [0, 0.1) is 5.92 Å². The van der Waals surface area contributed by atoms with Crippen LogP contribution in [-0.2, 0) is 10.0 Å². The van der Waals surface area contributed by atoms with Gasteiger partial charge in [0, 0.05) is 6.04 Å². The van der Waals surface area contributed by atoms with Gasteiger partial charge in [0.05, 0.1) is 5.25 Å². The molecule has 0 aromatic rings. The van der Waals surface area contributed by atoms with Gasteiger partial charge in [0.15, 0.2) is 0 Å². The van der Waals surface area contributed by atoms with E-state index in [0.717, 1.165) is 38.8 Å². The molecule has 0 amide bonds. The van der Waals surface area contributed by atoms with Crippen LogP contribution >= 0.6 is 0 Å². The van der Waals surface area contributed by atoms with Crippen molar-refractivity contribution in [3.8, 4) is 0 Å². The van der Waals surface area contributed by atoms with Crippen LogP contribution in [0.25, 0.3) is 0 Å². The fraction of sp³-hybridized carbons (Fsp3) is 1.00. The van der Waals surface area contributed by atoms with Gasteiger partial charge in [-0.2, -0.15) is 0 Å². The van der Waals surface area contributed by atoms with Crippen molar-refractivity contribution in [3.05, 3.63) is 0 Å². The molecule has 0 aromatic carbocycles. The molecule has 2 N–H and O–H groups in total. The zero-order valence-corrected chi connectivity index (χ0v) is 10.0. The summed E-state index contributed by atoms with van der Waals surface area (Å²) in [5.74, 6) is 0.585. The Morgan fingerprint density at radius 2 is 2.00 bits per heavy atom. The minimum Gasteiger partial charge on any atom is -0.317 e. The third-order valence-electron chi connectivity index (χ3n) is 3.49. The number of sulfonamides is 1. The molecule has 1 saturated heterocycles. The Kier molecular flexibility index (Phi) is 3.33. The third kappa shape index (κ3) is 2.71. The SMILES string of the molecule is CCC1CC1NS(=O)(=O)C1CCNCC1. The molecule has 0 bridgehead atoms. The molecule has 2 rings (SSSR count). The maximum Gasteiger partial charge on any atom is 0.214 e. The smallest absolute Gasteiger partial charge is 0.214 e. The van der Waals surface area contributed by atoms with Crippen LogP contribution in [0.2, 0.25) is 0 Å². The summed E-state index contributed by atoms with van der Waals surface area (Å²) < 4.78 is 26.8. The zero-order chi connectivity index (χ0) is 10.9. The van der Waals surface area contributed by atoms with Gasteiger partial charge >= 0.3 is 0 Å². The number of piperidine rings is 1. The van der Waals surface area contributed by atoms with E-state index in [1.54, 1.807) is 0 Å². The van der Waals surface area contributed by atoms with Crippen LogP contribution in [0.1, 0.15) is 32.6 Å². The molecular weight excluding hydrogens is 212 g/mol. The molecule has 1 heterocycles. The predicted octanol–water partition coefficient (Wildman–Crippen LogP) is 0.456. The molecule has 1 saturated carbocycles. The number of rotatable bonds is 4. The van der Waals surface area contributed by atoms with E-state index in [-0.39, 0.29) is 11.3 Å². The van der Waals surface area contributed by atoms with Gasteiger partial charge in [-0.05, 0) is 38.3 Å². The Hall–Kier alpha value is -0.130. The molecule has 5 heteroatoms. The van der Waals surface area contributed by atoms with E-state index in [0.29, 0.717) is 5.92 Å². The highest BCUT2D eigenvalue weighted by Crippen LogP contribution is 2.34. The normalized spacial score (nSPS) is 32.9. The van der Waals surface area contributed by atoms with Gasteiger partial charge in [0.1, 0.15) is 0 Å². The first-order chi connectivity index (χ1) is 7.13. The number of nitrogens with one attached hydrogen (secondary N) is 2. The lowest BCUT2D eigenvalue weighted by atomic mass is 10.2. The van der Waals surface area contributed by atoms with Crippen molar-refractivity contribution < 1.29 is 8.42 Å². The van der Waals surface area contributed by atoms with Gasteiger partial charge in [-0.25, -0.2) is 13.1 Å². The third-order valence-corrected chi connectivity index (χ3v) is 5.47. The quantitative estimate of drug-likeness (QED) is 0.740. The summed E-state index contributed by atoms with van der Waals surface area (Å²) in [4.78, 5) is 0. The standard InChI is InChI=1S/C10H20N2O2S/c1-2-8-7-10(8)12-15(13,14)9-3-5-11-6-4-9/h8-12H,2-7H2,1H3. The Bertz CT molecular complexity index is 309. The van der Waals surface area contributed by atoms with Crippen molar-refractivity contribution in [1.82, 2.24) is 10.0 Å². The van der Waals surface area contributed by atoms with Crippen molar-refractivity contribution in [3.63, 3.8) is 0 Å². The average molecular weight is 232 g/mol. The highest BCUT2D eigenvalue weighted by atomic mass is 32.2. The summed E-state index contributed by atoms with van der Waals surface area (Å²) >= 11 is 0. The molecule has 0 aromatic heterocycles. The van der Waals surface area contributed by atoms with Crippen molar-refractivity contribution in [2.24, 2.45) is 5.92 Å². The fourth-order valence-corrected chi connectivity index (χ4v) is 4.02. The van der Waals surface area contributed by atoms with Crippen LogP contribution in [0.4, 0.5) is 0 Å².